The van der Waals surface area contributed by atoms with Gasteiger partial charge in [0.15, 0.2) is 5.75 Å². The van der Waals surface area contributed by atoms with Crippen molar-refractivity contribution in [2.24, 2.45) is 7.05 Å². The predicted octanol–water partition coefficient (Wildman–Crippen LogP) is 4.02. The van der Waals surface area contributed by atoms with Crippen LogP contribution in [0, 0.1) is 24.0 Å². The molecule has 3 aromatic rings. The Labute approximate surface area is 174 Å². The molecule has 1 aromatic heterocycles. The zero-order chi connectivity index (χ0) is 21.8. The molecule has 0 aliphatic rings. The van der Waals surface area contributed by atoms with Crippen LogP contribution >= 0.6 is 0 Å². The van der Waals surface area contributed by atoms with Crippen LogP contribution in [0.3, 0.4) is 0 Å². The molecule has 0 fully saturated rings. The van der Waals surface area contributed by atoms with E-state index in [1.807, 2.05) is 33.2 Å². The number of ether oxygens (including phenoxy) is 1. The summed E-state index contributed by atoms with van der Waals surface area (Å²) in [6.07, 6.45) is 1.89. The standard InChI is InChI=1S/C22H24N4O4/c1-14-8-9-21(20(10-14)26(28)29)30-13-17-6-5-7-18(11-17)22(27)23-15(2)19-12-25(4)24-16(19)3/h5-12,15H,13H2,1-4H3,(H,23,27). The molecule has 1 amide bonds. The summed E-state index contributed by atoms with van der Waals surface area (Å²) in [5.74, 6) is -0.0185. The molecule has 1 unspecified atom stereocenters. The van der Waals surface area contributed by atoms with Gasteiger partial charge in [-0.15, -0.1) is 0 Å². The van der Waals surface area contributed by atoms with Crippen LogP contribution in [0.25, 0.3) is 0 Å². The fourth-order valence-corrected chi connectivity index (χ4v) is 3.26. The van der Waals surface area contributed by atoms with Gasteiger partial charge in [0, 0.05) is 30.4 Å². The van der Waals surface area contributed by atoms with E-state index in [9.17, 15) is 14.9 Å². The smallest absolute Gasteiger partial charge is 0.311 e. The summed E-state index contributed by atoms with van der Waals surface area (Å²) in [5.41, 5.74) is 3.75. The molecule has 156 valence electrons. The van der Waals surface area contributed by atoms with E-state index in [-0.39, 0.29) is 30.0 Å². The molecule has 30 heavy (non-hydrogen) atoms. The normalized spacial score (nSPS) is 11.7. The van der Waals surface area contributed by atoms with Crippen molar-refractivity contribution in [3.63, 3.8) is 0 Å². The number of rotatable bonds is 7. The van der Waals surface area contributed by atoms with Crippen molar-refractivity contribution in [3.8, 4) is 5.75 Å². The van der Waals surface area contributed by atoms with E-state index in [0.29, 0.717) is 5.56 Å². The summed E-state index contributed by atoms with van der Waals surface area (Å²) in [6.45, 7) is 5.71. The van der Waals surface area contributed by atoms with Crippen LogP contribution in [0.15, 0.2) is 48.7 Å². The molecule has 0 aliphatic heterocycles. The number of aromatic nitrogens is 2. The molecule has 8 heteroatoms. The Morgan fingerprint density at radius 3 is 2.70 bits per heavy atom. The third kappa shape index (κ3) is 4.83. The summed E-state index contributed by atoms with van der Waals surface area (Å²) in [4.78, 5) is 23.5. The Bertz CT molecular complexity index is 1090. The van der Waals surface area contributed by atoms with Crippen molar-refractivity contribution >= 4 is 11.6 Å². The molecule has 0 saturated heterocycles. The highest BCUT2D eigenvalue weighted by Gasteiger charge is 2.17. The lowest BCUT2D eigenvalue weighted by atomic mass is 10.1. The number of carbonyl (C=O) groups excluding carboxylic acids is 1. The van der Waals surface area contributed by atoms with Crippen molar-refractivity contribution in [2.75, 3.05) is 0 Å². The average molecular weight is 408 g/mol. The van der Waals surface area contributed by atoms with Crippen LogP contribution in [0.5, 0.6) is 5.75 Å². The van der Waals surface area contributed by atoms with Crippen LogP contribution in [-0.2, 0) is 13.7 Å². The number of carbonyl (C=O) groups is 1. The van der Waals surface area contributed by atoms with Crippen molar-refractivity contribution in [2.45, 2.75) is 33.4 Å². The largest absolute Gasteiger partial charge is 0.482 e. The van der Waals surface area contributed by atoms with E-state index in [1.54, 1.807) is 41.9 Å². The summed E-state index contributed by atoms with van der Waals surface area (Å²) < 4.78 is 7.38. The number of nitrogens with one attached hydrogen (secondary N) is 1. The molecule has 1 atom stereocenters. The monoisotopic (exact) mass is 408 g/mol. The first-order valence-corrected chi connectivity index (χ1v) is 9.52. The summed E-state index contributed by atoms with van der Waals surface area (Å²) in [6, 6.07) is 11.6. The molecule has 8 nitrogen and oxygen atoms in total. The van der Waals surface area contributed by atoms with Crippen LogP contribution in [0.2, 0.25) is 0 Å². The van der Waals surface area contributed by atoms with Gasteiger partial charge in [-0.25, -0.2) is 0 Å². The SMILES string of the molecule is Cc1ccc(OCc2cccc(C(=O)NC(C)c3cn(C)nc3C)c2)c([N+](=O)[O-])c1. The predicted molar refractivity (Wildman–Crippen MR) is 112 cm³/mol. The van der Waals surface area contributed by atoms with E-state index in [0.717, 1.165) is 22.4 Å². The number of hydrogen-bond donors (Lipinski definition) is 1. The van der Waals surface area contributed by atoms with Gasteiger partial charge in [0.1, 0.15) is 6.61 Å². The number of aryl methyl sites for hydroxylation is 3. The number of amides is 1. The van der Waals surface area contributed by atoms with Crippen molar-refractivity contribution in [1.82, 2.24) is 15.1 Å². The highest BCUT2D eigenvalue weighted by Crippen LogP contribution is 2.28. The first kappa shape index (κ1) is 21.0. The second kappa shape index (κ2) is 8.77. The first-order chi connectivity index (χ1) is 14.2. The third-order valence-electron chi connectivity index (χ3n) is 4.76. The fraction of sp³-hybridized carbons (Fsp3) is 0.273. The molecule has 0 radical (unpaired) electrons. The Kier molecular flexibility index (Phi) is 6.15. The summed E-state index contributed by atoms with van der Waals surface area (Å²) >= 11 is 0. The molecule has 1 heterocycles. The van der Waals surface area contributed by atoms with Crippen molar-refractivity contribution in [1.29, 1.82) is 0 Å². The van der Waals surface area contributed by atoms with E-state index in [4.69, 9.17) is 4.74 Å². The van der Waals surface area contributed by atoms with E-state index in [1.165, 1.54) is 6.07 Å². The maximum Gasteiger partial charge on any atom is 0.311 e. The molecule has 0 saturated carbocycles. The summed E-state index contributed by atoms with van der Waals surface area (Å²) in [7, 11) is 1.84. The molecule has 0 aliphatic carbocycles. The lowest BCUT2D eigenvalue weighted by Crippen LogP contribution is -2.27. The molecular weight excluding hydrogens is 384 g/mol. The van der Waals surface area contributed by atoms with Crippen molar-refractivity contribution < 1.29 is 14.5 Å². The molecule has 2 aromatic carbocycles. The highest BCUT2D eigenvalue weighted by molar-refractivity contribution is 5.94. The second-order valence-electron chi connectivity index (χ2n) is 7.26. The maximum atomic E-state index is 12.7. The molecule has 0 bridgehead atoms. The first-order valence-electron chi connectivity index (χ1n) is 9.52. The number of nitro groups is 1. The number of nitro benzene ring substituents is 1. The minimum absolute atomic E-state index is 0.0791. The minimum Gasteiger partial charge on any atom is -0.482 e. The van der Waals surface area contributed by atoms with Crippen molar-refractivity contribution in [3.05, 3.63) is 86.7 Å². The van der Waals surface area contributed by atoms with Gasteiger partial charge in [-0.2, -0.15) is 5.10 Å². The Balaban J connectivity index is 1.70. The Morgan fingerprint density at radius 1 is 1.27 bits per heavy atom. The lowest BCUT2D eigenvalue weighted by Gasteiger charge is -2.14. The van der Waals surface area contributed by atoms with Gasteiger partial charge in [-0.05, 0) is 50.1 Å². The Morgan fingerprint density at radius 2 is 2.03 bits per heavy atom. The van der Waals surface area contributed by atoms with Gasteiger partial charge in [-0.3, -0.25) is 19.6 Å². The van der Waals surface area contributed by atoms with Gasteiger partial charge in [0.25, 0.3) is 5.91 Å². The Hall–Kier alpha value is -3.68. The average Bonchev–Trinajstić information content (AvgIpc) is 3.05. The number of nitrogens with zero attached hydrogens (tertiary/aromatic N) is 3. The van der Waals surface area contributed by atoms with E-state index < -0.39 is 4.92 Å². The lowest BCUT2D eigenvalue weighted by molar-refractivity contribution is -0.386. The quantitative estimate of drug-likeness (QED) is 0.470. The zero-order valence-corrected chi connectivity index (χ0v) is 17.4. The van der Waals surface area contributed by atoms with Gasteiger partial charge >= 0.3 is 5.69 Å². The topological polar surface area (TPSA) is 99.3 Å². The van der Waals surface area contributed by atoms with Gasteiger partial charge < -0.3 is 10.1 Å². The molecular formula is C22H24N4O4. The highest BCUT2D eigenvalue weighted by atomic mass is 16.6. The molecule has 0 spiro atoms. The van der Waals surface area contributed by atoms with Crippen LogP contribution < -0.4 is 10.1 Å². The second-order valence-corrected chi connectivity index (χ2v) is 7.26. The number of hydrogen-bond acceptors (Lipinski definition) is 5. The zero-order valence-electron chi connectivity index (χ0n) is 17.4. The molecule has 3 rings (SSSR count). The fourth-order valence-electron chi connectivity index (χ4n) is 3.26. The maximum absolute atomic E-state index is 12.7. The third-order valence-corrected chi connectivity index (χ3v) is 4.76. The van der Waals surface area contributed by atoms with E-state index >= 15 is 0 Å². The van der Waals surface area contributed by atoms with E-state index in [2.05, 4.69) is 10.4 Å². The molecule has 1 N–H and O–H groups in total. The van der Waals surface area contributed by atoms with Gasteiger partial charge in [0.2, 0.25) is 0 Å². The number of benzene rings is 2. The van der Waals surface area contributed by atoms with Crippen LogP contribution in [0.4, 0.5) is 5.69 Å². The van der Waals surface area contributed by atoms with Gasteiger partial charge in [0.05, 0.1) is 16.7 Å². The van der Waals surface area contributed by atoms with Crippen LogP contribution in [-0.4, -0.2) is 20.6 Å². The minimum atomic E-state index is -0.464. The summed E-state index contributed by atoms with van der Waals surface area (Å²) in [5, 5.41) is 18.5. The van der Waals surface area contributed by atoms with Gasteiger partial charge in [-0.1, -0.05) is 18.2 Å². The van der Waals surface area contributed by atoms with Crippen LogP contribution in [0.1, 0.15) is 45.7 Å².